The minimum atomic E-state index is -3.00. The standard InChI is InChI=1S/C7H5F2IN2O3/c1-15-5-3(10)2-11-7(12(13)14)4(5)6(8)9/h2,6H,1H3. The van der Waals surface area contributed by atoms with Crippen LogP contribution in [-0.4, -0.2) is 17.0 Å². The molecule has 1 aromatic heterocycles. The van der Waals surface area contributed by atoms with E-state index < -0.39 is 22.7 Å². The van der Waals surface area contributed by atoms with Crippen LogP contribution in [0.3, 0.4) is 0 Å². The van der Waals surface area contributed by atoms with Crippen molar-refractivity contribution in [3.05, 3.63) is 25.4 Å². The Morgan fingerprint density at radius 1 is 1.67 bits per heavy atom. The smallest absolute Gasteiger partial charge is 0.376 e. The molecule has 0 radical (unpaired) electrons. The summed E-state index contributed by atoms with van der Waals surface area (Å²) in [6.45, 7) is 0. The van der Waals surface area contributed by atoms with Crippen LogP contribution in [0.25, 0.3) is 0 Å². The summed E-state index contributed by atoms with van der Waals surface area (Å²) in [5.74, 6) is -1.07. The largest absolute Gasteiger partial charge is 0.495 e. The van der Waals surface area contributed by atoms with Gasteiger partial charge in [0.1, 0.15) is 0 Å². The van der Waals surface area contributed by atoms with Crippen LogP contribution < -0.4 is 4.74 Å². The Hall–Kier alpha value is -1.06. The second-order valence-corrected chi connectivity index (χ2v) is 3.60. The van der Waals surface area contributed by atoms with Crippen LogP contribution in [-0.2, 0) is 0 Å². The lowest BCUT2D eigenvalue weighted by Gasteiger charge is -2.08. The molecular weight excluding hydrogens is 325 g/mol. The zero-order valence-corrected chi connectivity index (χ0v) is 9.57. The molecule has 0 aliphatic heterocycles. The summed E-state index contributed by atoms with van der Waals surface area (Å²) in [6, 6.07) is 0. The summed E-state index contributed by atoms with van der Waals surface area (Å²) < 4.78 is 30.2. The fraction of sp³-hybridized carbons (Fsp3) is 0.286. The van der Waals surface area contributed by atoms with Gasteiger partial charge in [0, 0.05) is 0 Å². The molecule has 8 heteroatoms. The van der Waals surface area contributed by atoms with Crippen LogP contribution in [0.15, 0.2) is 6.20 Å². The number of rotatable bonds is 3. The van der Waals surface area contributed by atoms with Crippen LogP contribution in [0.4, 0.5) is 14.6 Å². The Morgan fingerprint density at radius 2 is 2.27 bits per heavy atom. The van der Waals surface area contributed by atoms with E-state index in [2.05, 4.69) is 4.98 Å². The maximum Gasteiger partial charge on any atom is 0.376 e. The van der Waals surface area contributed by atoms with Gasteiger partial charge in [0.2, 0.25) is 0 Å². The van der Waals surface area contributed by atoms with Gasteiger partial charge in [-0.25, -0.2) is 8.78 Å². The molecule has 0 atom stereocenters. The molecule has 1 heterocycles. The zero-order valence-electron chi connectivity index (χ0n) is 7.41. The third-order valence-electron chi connectivity index (χ3n) is 1.60. The van der Waals surface area contributed by atoms with Gasteiger partial charge in [0.25, 0.3) is 6.43 Å². The Balaban J connectivity index is 3.49. The van der Waals surface area contributed by atoms with Gasteiger partial charge in [-0.2, -0.15) is 0 Å². The maximum absolute atomic E-state index is 12.6. The summed E-state index contributed by atoms with van der Waals surface area (Å²) in [7, 11) is 1.17. The first-order valence-corrected chi connectivity index (χ1v) is 4.71. The number of alkyl halides is 2. The lowest BCUT2D eigenvalue weighted by Crippen LogP contribution is -2.03. The second-order valence-electron chi connectivity index (χ2n) is 2.43. The van der Waals surface area contributed by atoms with Crippen molar-refractivity contribution in [2.24, 2.45) is 0 Å². The molecule has 5 nitrogen and oxygen atoms in total. The highest BCUT2D eigenvalue weighted by molar-refractivity contribution is 14.1. The molecule has 0 saturated carbocycles. The van der Waals surface area contributed by atoms with E-state index in [0.29, 0.717) is 3.57 Å². The minimum absolute atomic E-state index is 0.202. The first-order chi connectivity index (χ1) is 6.99. The van der Waals surface area contributed by atoms with Crippen molar-refractivity contribution in [1.29, 1.82) is 0 Å². The Morgan fingerprint density at radius 3 is 2.67 bits per heavy atom. The number of hydrogen-bond acceptors (Lipinski definition) is 4. The Bertz CT molecular complexity index is 400. The van der Waals surface area contributed by atoms with Gasteiger partial charge in [0.05, 0.1) is 10.7 Å². The number of ether oxygens (including phenoxy) is 1. The first-order valence-electron chi connectivity index (χ1n) is 3.64. The van der Waals surface area contributed by atoms with Gasteiger partial charge >= 0.3 is 5.82 Å². The number of nitrogens with zero attached hydrogens (tertiary/aromatic N) is 2. The van der Waals surface area contributed by atoms with Crippen molar-refractivity contribution in [1.82, 2.24) is 4.98 Å². The van der Waals surface area contributed by atoms with Crippen molar-refractivity contribution < 1.29 is 18.4 Å². The van der Waals surface area contributed by atoms with Gasteiger partial charge in [-0.1, -0.05) is 0 Å². The highest BCUT2D eigenvalue weighted by Gasteiger charge is 2.29. The summed E-state index contributed by atoms with van der Waals surface area (Å²) in [5.41, 5.74) is -0.783. The number of hydrogen-bond donors (Lipinski definition) is 0. The molecule has 0 fully saturated rings. The summed E-state index contributed by atoms with van der Waals surface area (Å²) in [5, 5.41) is 10.5. The molecule has 1 aromatic rings. The summed E-state index contributed by atoms with van der Waals surface area (Å²) in [4.78, 5) is 12.8. The summed E-state index contributed by atoms with van der Waals surface area (Å²) in [6.07, 6.45) is -1.88. The monoisotopic (exact) mass is 330 g/mol. The molecule has 0 N–H and O–H groups in total. The highest BCUT2D eigenvalue weighted by atomic mass is 127. The average Bonchev–Trinajstić information content (AvgIpc) is 2.16. The molecule has 0 spiro atoms. The van der Waals surface area contributed by atoms with Crippen LogP contribution in [0, 0.1) is 13.7 Å². The third kappa shape index (κ3) is 2.30. The molecule has 15 heavy (non-hydrogen) atoms. The average molecular weight is 330 g/mol. The fourth-order valence-electron chi connectivity index (χ4n) is 1.03. The normalized spacial score (nSPS) is 10.5. The van der Waals surface area contributed by atoms with E-state index in [9.17, 15) is 18.9 Å². The van der Waals surface area contributed by atoms with Crippen molar-refractivity contribution in [2.45, 2.75) is 6.43 Å². The predicted molar refractivity (Wildman–Crippen MR) is 55.1 cm³/mol. The molecule has 0 amide bonds. The topological polar surface area (TPSA) is 65.3 Å². The van der Waals surface area contributed by atoms with Crippen molar-refractivity contribution >= 4 is 28.4 Å². The van der Waals surface area contributed by atoms with Crippen molar-refractivity contribution in [3.8, 4) is 5.75 Å². The molecule has 82 valence electrons. The van der Waals surface area contributed by atoms with E-state index >= 15 is 0 Å². The zero-order chi connectivity index (χ0) is 11.6. The number of pyridine rings is 1. The molecule has 1 rings (SSSR count). The number of methoxy groups -OCH3 is 1. The van der Waals surface area contributed by atoms with Gasteiger partial charge in [-0.15, -0.1) is 0 Å². The molecule has 0 bridgehead atoms. The van der Waals surface area contributed by atoms with E-state index in [4.69, 9.17) is 4.74 Å². The molecular formula is C7H5F2IN2O3. The molecule has 0 saturated heterocycles. The van der Waals surface area contributed by atoms with Crippen molar-refractivity contribution in [2.75, 3.05) is 7.11 Å². The maximum atomic E-state index is 12.6. The Labute approximate surface area is 96.7 Å². The number of halogens is 3. The van der Waals surface area contributed by atoms with Crippen LogP contribution in [0.2, 0.25) is 0 Å². The van der Waals surface area contributed by atoms with Crippen LogP contribution in [0.1, 0.15) is 12.0 Å². The van der Waals surface area contributed by atoms with E-state index in [1.54, 1.807) is 22.6 Å². The summed E-state index contributed by atoms with van der Waals surface area (Å²) >= 11 is 1.72. The quantitative estimate of drug-likeness (QED) is 0.485. The van der Waals surface area contributed by atoms with Gasteiger partial charge in [0.15, 0.2) is 17.5 Å². The van der Waals surface area contributed by atoms with Crippen LogP contribution >= 0.6 is 22.6 Å². The van der Waals surface area contributed by atoms with Gasteiger partial charge < -0.3 is 14.9 Å². The van der Waals surface area contributed by atoms with Crippen molar-refractivity contribution in [3.63, 3.8) is 0 Å². The van der Waals surface area contributed by atoms with Gasteiger partial charge in [-0.3, -0.25) is 0 Å². The van der Waals surface area contributed by atoms with E-state index in [1.807, 2.05) is 0 Å². The van der Waals surface area contributed by atoms with Gasteiger partial charge in [-0.05, 0) is 32.5 Å². The number of nitro groups is 1. The molecule has 0 aliphatic rings. The predicted octanol–water partition coefficient (Wildman–Crippen LogP) is 2.54. The molecule has 0 unspecified atom stereocenters. The molecule has 0 aliphatic carbocycles. The van der Waals surface area contributed by atoms with E-state index in [-0.39, 0.29) is 5.75 Å². The lowest BCUT2D eigenvalue weighted by atomic mass is 10.2. The molecule has 0 aromatic carbocycles. The van der Waals surface area contributed by atoms with E-state index in [0.717, 1.165) is 6.20 Å². The number of aromatic nitrogens is 1. The minimum Gasteiger partial charge on any atom is -0.495 e. The lowest BCUT2D eigenvalue weighted by molar-refractivity contribution is -0.391. The van der Waals surface area contributed by atoms with Crippen LogP contribution in [0.5, 0.6) is 5.75 Å². The second kappa shape index (κ2) is 4.64. The SMILES string of the molecule is COc1c(I)cnc([N+](=O)[O-])c1C(F)F. The first kappa shape index (κ1) is 12.0. The highest BCUT2D eigenvalue weighted by Crippen LogP contribution is 2.37. The Kier molecular flexibility index (Phi) is 3.72. The van der Waals surface area contributed by atoms with E-state index in [1.165, 1.54) is 7.11 Å². The fourth-order valence-corrected chi connectivity index (χ4v) is 1.68. The third-order valence-corrected chi connectivity index (χ3v) is 2.37.